The largest absolute Gasteiger partial charge is 0.496 e. The fourth-order valence-corrected chi connectivity index (χ4v) is 1.69. The van der Waals surface area contributed by atoms with Crippen molar-refractivity contribution in [3.63, 3.8) is 0 Å². The lowest BCUT2D eigenvalue weighted by atomic mass is 10.2. The highest BCUT2D eigenvalue weighted by molar-refractivity contribution is 5.87. The van der Waals surface area contributed by atoms with Crippen LogP contribution in [0.25, 0.3) is 11.4 Å². The Kier molecular flexibility index (Phi) is 3.01. The molecule has 94 valence electrons. The normalized spacial score (nSPS) is 10.4. The fourth-order valence-electron chi connectivity index (χ4n) is 1.69. The number of rotatable bonds is 3. The van der Waals surface area contributed by atoms with E-state index >= 15 is 0 Å². The second-order valence-electron chi connectivity index (χ2n) is 3.68. The van der Waals surface area contributed by atoms with E-state index in [0.717, 1.165) is 0 Å². The summed E-state index contributed by atoms with van der Waals surface area (Å²) in [6, 6.07) is 4.35. The number of halogens is 1. The molecule has 0 amide bonds. The number of aromatic carboxylic acids is 1. The number of carboxylic acid groups (broad SMARTS) is 1. The first-order valence-electron chi connectivity index (χ1n) is 5.17. The van der Waals surface area contributed by atoms with Crippen molar-refractivity contribution in [3.8, 4) is 17.1 Å². The maximum atomic E-state index is 13.8. The van der Waals surface area contributed by atoms with Gasteiger partial charge in [0.25, 0.3) is 0 Å². The van der Waals surface area contributed by atoms with Crippen molar-refractivity contribution in [2.45, 2.75) is 6.92 Å². The number of aromatic nitrogens is 2. The summed E-state index contributed by atoms with van der Waals surface area (Å²) in [7, 11) is 1.41. The van der Waals surface area contributed by atoms with Crippen LogP contribution in [-0.4, -0.2) is 28.2 Å². The SMILES string of the molecule is COc1cccc(F)c1-c1nc(C(=O)O)c(C)[nH]1. The number of benzene rings is 1. The fraction of sp³-hybridized carbons (Fsp3) is 0.167. The molecule has 0 spiro atoms. The number of ether oxygens (including phenoxy) is 1. The monoisotopic (exact) mass is 250 g/mol. The van der Waals surface area contributed by atoms with E-state index < -0.39 is 11.8 Å². The molecule has 2 N–H and O–H groups in total. The average molecular weight is 250 g/mol. The van der Waals surface area contributed by atoms with Crippen molar-refractivity contribution >= 4 is 5.97 Å². The van der Waals surface area contributed by atoms with E-state index in [1.165, 1.54) is 19.2 Å². The van der Waals surface area contributed by atoms with Crippen LogP contribution in [0.2, 0.25) is 0 Å². The molecule has 18 heavy (non-hydrogen) atoms. The Hall–Kier alpha value is -2.37. The summed E-state index contributed by atoms with van der Waals surface area (Å²) in [6.45, 7) is 1.56. The van der Waals surface area contributed by atoms with Gasteiger partial charge in [-0.25, -0.2) is 14.2 Å². The highest BCUT2D eigenvalue weighted by atomic mass is 19.1. The van der Waals surface area contributed by atoms with E-state index in [0.29, 0.717) is 11.4 Å². The smallest absolute Gasteiger partial charge is 0.356 e. The number of aromatic amines is 1. The Bertz CT molecular complexity index is 607. The van der Waals surface area contributed by atoms with Gasteiger partial charge < -0.3 is 14.8 Å². The van der Waals surface area contributed by atoms with Crippen LogP contribution in [0, 0.1) is 12.7 Å². The minimum atomic E-state index is -1.16. The Morgan fingerprint density at radius 1 is 1.50 bits per heavy atom. The van der Waals surface area contributed by atoms with Crippen molar-refractivity contribution in [2.75, 3.05) is 7.11 Å². The topological polar surface area (TPSA) is 75.2 Å². The zero-order valence-corrected chi connectivity index (χ0v) is 9.82. The molecule has 1 aromatic heterocycles. The molecule has 0 saturated heterocycles. The second kappa shape index (κ2) is 4.48. The first-order chi connectivity index (χ1) is 8.54. The van der Waals surface area contributed by atoms with E-state index in [1.54, 1.807) is 13.0 Å². The maximum Gasteiger partial charge on any atom is 0.356 e. The first-order valence-corrected chi connectivity index (χ1v) is 5.17. The average Bonchev–Trinajstić information content (AvgIpc) is 2.70. The molecule has 6 heteroatoms. The summed E-state index contributed by atoms with van der Waals surface area (Å²) in [5.74, 6) is -1.26. The van der Waals surface area contributed by atoms with E-state index in [9.17, 15) is 9.18 Å². The molecule has 5 nitrogen and oxygen atoms in total. The lowest BCUT2D eigenvalue weighted by Gasteiger charge is -2.06. The molecule has 0 saturated carbocycles. The van der Waals surface area contributed by atoms with Crippen molar-refractivity contribution in [1.82, 2.24) is 9.97 Å². The van der Waals surface area contributed by atoms with Gasteiger partial charge in [-0.05, 0) is 19.1 Å². The number of nitrogens with one attached hydrogen (secondary N) is 1. The predicted molar refractivity (Wildman–Crippen MR) is 62.2 cm³/mol. The van der Waals surface area contributed by atoms with E-state index in [1.807, 2.05) is 0 Å². The molecule has 0 radical (unpaired) electrons. The van der Waals surface area contributed by atoms with E-state index in [2.05, 4.69) is 9.97 Å². The first kappa shape index (κ1) is 12.1. The number of hydrogen-bond acceptors (Lipinski definition) is 3. The molecule has 1 aromatic carbocycles. The lowest BCUT2D eigenvalue weighted by Crippen LogP contribution is -1.99. The molecular formula is C12H11FN2O3. The van der Waals surface area contributed by atoms with Gasteiger partial charge in [-0.1, -0.05) is 6.07 Å². The third-order valence-electron chi connectivity index (χ3n) is 2.52. The highest BCUT2D eigenvalue weighted by Gasteiger charge is 2.19. The van der Waals surface area contributed by atoms with Gasteiger partial charge in [-0.3, -0.25) is 0 Å². The second-order valence-corrected chi connectivity index (χ2v) is 3.68. The zero-order valence-electron chi connectivity index (χ0n) is 9.82. The van der Waals surface area contributed by atoms with Gasteiger partial charge in [0, 0.05) is 5.69 Å². The lowest BCUT2D eigenvalue weighted by molar-refractivity contribution is 0.0690. The van der Waals surface area contributed by atoms with Crippen LogP contribution in [0.1, 0.15) is 16.2 Å². The number of aryl methyl sites for hydroxylation is 1. The number of carboxylic acids is 1. The minimum Gasteiger partial charge on any atom is -0.496 e. The molecule has 0 aliphatic heterocycles. The molecule has 0 bridgehead atoms. The maximum absolute atomic E-state index is 13.8. The van der Waals surface area contributed by atoms with Crippen LogP contribution in [0.15, 0.2) is 18.2 Å². The van der Waals surface area contributed by atoms with Crippen molar-refractivity contribution in [3.05, 3.63) is 35.4 Å². The summed E-state index contributed by atoms with van der Waals surface area (Å²) in [5.41, 5.74) is 0.355. The molecule has 1 heterocycles. The molecule has 2 aromatic rings. The van der Waals surface area contributed by atoms with Gasteiger partial charge in [0.2, 0.25) is 0 Å². The quantitative estimate of drug-likeness (QED) is 0.875. The molecule has 0 aliphatic rings. The summed E-state index contributed by atoms with van der Waals surface area (Å²) >= 11 is 0. The number of H-pyrrole nitrogens is 1. The molecular weight excluding hydrogens is 239 g/mol. The van der Waals surface area contributed by atoms with Crippen LogP contribution < -0.4 is 4.74 Å². The van der Waals surface area contributed by atoms with Gasteiger partial charge in [0.15, 0.2) is 5.69 Å². The van der Waals surface area contributed by atoms with Gasteiger partial charge in [0.05, 0.1) is 12.7 Å². The number of nitrogens with zero attached hydrogens (tertiary/aromatic N) is 1. The van der Waals surface area contributed by atoms with Crippen LogP contribution in [0.4, 0.5) is 4.39 Å². The number of methoxy groups -OCH3 is 1. The standard InChI is InChI=1S/C12H11FN2O3/c1-6-10(12(16)17)15-11(14-6)9-7(13)4-3-5-8(9)18-2/h3-5H,1-2H3,(H,14,15)(H,16,17). The third-order valence-corrected chi connectivity index (χ3v) is 2.52. The molecule has 0 fully saturated rings. The van der Waals surface area contributed by atoms with Crippen LogP contribution in [0.3, 0.4) is 0 Å². The van der Waals surface area contributed by atoms with Crippen LogP contribution >= 0.6 is 0 Å². The van der Waals surface area contributed by atoms with Crippen LogP contribution in [-0.2, 0) is 0 Å². The minimum absolute atomic E-state index is 0.121. The van der Waals surface area contributed by atoms with Crippen molar-refractivity contribution in [2.24, 2.45) is 0 Å². The highest BCUT2D eigenvalue weighted by Crippen LogP contribution is 2.30. The molecule has 2 rings (SSSR count). The number of hydrogen-bond donors (Lipinski definition) is 2. The Morgan fingerprint density at radius 3 is 2.78 bits per heavy atom. The third kappa shape index (κ3) is 1.92. The van der Waals surface area contributed by atoms with Crippen LogP contribution in [0.5, 0.6) is 5.75 Å². The molecule has 0 atom stereocenters. The number of carbonyl (C=O) groups is 1. The van der Waals surface area contributed by atoms with Crippen molar-refractivity contribution < 1.29 is 19.0 Å². The van der Waals surface area contributed by atoms with Gasteiger partial charge >= 0.3 is 5.97 Å². The van der Waals surface area contributed by atoms with Crippen molar-refractivity contribution in [1.29, 1.82) is 0 Å². The summed E-state index contributed by atoms with van der Waals surface area (Å²) in [4.78, 5) is 17.5. The van der Waals surface area contributed by atoms with E-state index in [-0.39, 0.29) is 17.1 Å². The Morgan fingerprint density at radius 2 is 2.22 bits per heavy atom. The molecule has 0 aliphatic carbocycles. The predicted octanol–water partition coefficient (Wildman–Crippen LogP) is 2.23. The van der Waals surface area contributed by atoms with Gasteiger partial charge in [-0.2, -0.15) is 0 Å². The summed E-state index contributed by atoms with van der Waals surface area (Å²) in [5, 5.41) is 8.91. The Balaban J connectivity index is 2.62. The molecule has 0 unspecified atom stereocenters. The van der Waals surface area contributed by atoms with E-state index in [4.69, 9.17) is 9.84 Å². The Labute approximate surface area is 102 Å². The number of imidazole rings is 1. The zero-order chi connectivity index (χ0) is 13.3. The van der Waals surface area contributed by atoms with Gasteiger partial charge in [-0.15, -0.1) is 0 Å². The summed E-state index contributed by atoms with van der Waals surface area (Å²) in [6.07, 6.45) is 0. The van der Waals surface area contributed by atoms with Gasteiger partial charge in [0.1, 0.15) is 17.4 Å². The summed E-state index contributed by atoms with van der Waals surface area (Å²) < 4.78 is 18.8.